The number of carbonyl (C=O) groups is 1. The first-order valence-electron chi connectivity index (χ1n) is 9.06. The van der Waals surface area contributed by atoms with E-state index in [9.17, 15) is 10.1 Å². The molecule has 5 heteroatoms. The molecular weight excluding hydrogens is 354 g/mol. The smallest absolute Gasteiger partial charge is 0.229 e. The number of nitriles is 1. The Balaban J connectivity index is 1.61. The summed E-state index contributed by atoms with van der Waals surface area (Å²) in [5.74, 6) is 0.741. The molecule has 1 fully saturated rings. The molecule has 0 unspecified atom stereocenters. The van der Waals surface area contributed by atoms with E-state index in [0.717, 1.165) is 34.2 Å². The van der Waals surface area contributed by atoms with Crippen LogP contribution in [0, 0.1) is 18.3 Å². The molecule has 2 aromatic rings. The van der Waals surface area contributed by atoms with Gasteiger partial charge in [0.25, 0.3) is 0 Å². The third kappa shape index (κ3) is 3.51. The van der Waals surface area contributed by atoms with Gasteiger partial charge in [-0.05, 0) is 23.6 Å². The number of carbonyl (C=O) groups excluding carboxylic acids is 1. The molecule has 1 atom stereocenters. The van der Waals surface area contributed by atoms with Gasteiger partial charge in [0.15, 0.2) is 0 Å². The fourth-order valence-corrected chi connectivity index (χ4v) is 4.93. The van der Waals surface area contributed by atoms with Crippen molar-refractivity contribution in [2.24, 2.45) is 0 Å². The summed E-state index contributed by atoms with van der Waals surface area (Å²) in [4.78, 5) is 17.0. The molecule has 27 heavy (non-hydrogen) atoms. The van der Waals surface area contributed by atoms with Gasteiger partial charge in [-0.15, -0.1) is 0 Å². The average molecular weight is 375 g/mol. The Labute approximate surface area is 164 Å². The first-order valence-corrected chi connectivity index (χ1v) is 10.0. The maximum Gasteiger partial charge on any atom is 0.229 e. The van der Waals surface area contributed by atoms with Crippen molar-refractivity contribution >= 4 is 17.7 Å². The van der Waals surface area contributed by atoms with Crippen LogP contribution in [0.3, 0.4) is 0 Å². The fourth-order valence-electron chi connectivity index (χ4n) is 3.79. The van der Waals surface area contributed by atoms with Crippen LogP contribution in [0.4, 0.5) is 0 Å². The maximum absolute atomic E-state index is 12.9. The standard InChI is InChI=1S/C22H21N3OS/c1-16-7-5-6-10-18(16)19-11-21(26)25-14-24(13-17-8-3-2-4-9-17)15-27-22(25)20(19)12-23/h2-10,19H,11,13-15H2,1H3/t19-/m1/s1. The number of amides is 1. The van der Waals surface area contributed by atoms with E-state index >= 15 is 0 Å². The number of hydrogen-bond acceptors (Lipinski definition) is 4. The van der Waals surface area contributed by atoms with Gasteiger partial charge >= 0.3 is 0 Å². The van der Waals surface area contributed by atoms with E-state index in [1.54, 1.807) is 16.7 Å². The second-order valence-corrected chi connectivity index (χ2v) is 7.93. The molecule has 0 saturated carbocycles. The average Bonchev–Trinajstić information content (AvgIpc) is 2.69. The highest BCUT2D eigenvalue weighted by Crippen LogP contribution is 2.43. The van der Waals surface area contributed by atoms with Gasteiger partial charge in [0, 0.05) is 18.9 Å². The Hall–Kier alpha value is -2.55. The van der Waals surface area contributed by atoms with E-state index in [4.69, 9.17) is 0 Å². The molecule has 0 spiro atoms. The molecule has 136 valence electrons. The Morgan fingerprint density at radius 2 is 1.89 bits per heavy atom. The zero-order valence-corrected chi connectivity index (χ0v) is 16.1. The van der Waals surface area contributed by atoms with Crippen molar-refractivity contribution in [3.05, 3.63) is 81.9 Å². The number of aryl methyl sites for hydroxylation is 1. The highest BCUT2D eigenvalue weighted by molar-refractivity contribution is 8.03. The van der Waals surface area contributed by atoms with Gasteiger partial charge in [-0.25, -0.2) is 0 Å². The SMILES string of the molecule is Cc1ccccc1[C@H]1CC(=O)N2CN(Cc3ccccc3)CSC2=C1C#N. The summed E-state index contributed by atoms with van der Waals surface area (Å²) >= 11 is 1.60. The van der Waals surface area contributed by atoms with Gasteiger partial charge in [-0.3, -0.25) is 14.6 Å². The molecule has 1 amide bonds. The highest BCUT2D eigenvalue weighted by Gasteiger charge is 2.38. The maximum atomic E-state index is 12.9. The van der Waals surface area contributed by atoms with Gasteiger partial charge in [-0.1, -0.05) is 66.4 Å². The normalized spacial score (nSPS) is 20.4. The van der Waals surface area contributed by atoms with Crippen molar-refractivity contribution in [2.75, 3.05) is 12.5 Å². The van der Waals surface area contributed by atoms with Gasteiger partial charge in [0.1, 0.15) is 0 Å². The molecule has 1 saturated heterocycles. The summed E-state index contributed by atoms with van der Waals surface area (Å²) < 4.78 is 0. The zero-order chi connectivity index (χ0) is 18.8. The minimum Gasteiger partial charge on any atom is -0.292 e. The number of rotatable bonds is 3. The molecule has 2 aliphatic heterocycles. The Kier molecular flexibility index (Phi) is 5.02. The van der Waals surface area contributed by atoms with Crippen LogP contribution in [-0.4, -0.2) is 28.3 Å². The number of benzene rings is 2. The van der Waals surface area contributed by atoms with E-state index in [1.165, 1.54) is 5.56 Å². The number of hydrogen-bond donors (Lipinski definition) is 0. The lowest BCUT2D eigenvalue weighted by atomic mass is 9.84. The summed E-state index contributed by atoms with van der Waals surface area (Å²) in [6.07, 6.45) is 0.358. The van der Waals surface area contributed by atoms with Gasteiger partial charge < -0.3 is 0 Å². The van der Waals surface area contributed by atoms with Crippen LogP contribution in [-0.2, 0) is 11.3 Å². The van der Waals surface area contributed by atoms with Crippen LogP contribution in [0.15, 0.2) is 65.2 Å². The molecule has 2 heterocycles. The number of allylic oxidation sites excluding steroid dienone is 1. The highest BCUT2D eigenvalue weighted by atomic mass is 32.2. The summed E-state index contributed by atoms with van der Waals surface area (Å²) in [6, 6.07) is 20.7. The fraction of sp³-hybridized carbons (Fsp3) is 0.273. The van der Waals surface area contributed by atoms with Crippen LogP contribution in [0.5, 0.6) is 0 Å². The van der Waals surface area contributed by atoms with Crippen molar-refractivity contribution in [2.45, 2.75) is 25.8 Å². The predicted molar refractivity (Wildman–Crippen MR) is 107 cm³/mol. The summed E-state index contributed by atoms with van der Waals surface area (Å²) in [6.45, 7) is 3.39. The van der Waals surface area contributed by atoms with E-state index in [0.29, 0.717) is 13.1 Å². The first kappa shape index (κ1) is 17.8. The Morgan fingerprint density at radius 1 is 1.15 bits per heavy atom. The molecule has 4 rings (SSSR count). The van der Waals surface area contributed by atoms with Crippen molar-refractivity contribution in [1.82, 2.24) is 9.80 Å². The molecular formula is C22H21N3OS. The Morgan fingerprint density at radius 3 is 2.63 bits per heavy atom. The Bertz CT molecular complexity index is 932. The van der Waals surface area contributed by atoms with E-state index in [-0.39, 0.29) is 11.8 Å². The third-order valence-electron chi connectivity index (χ3n) is 5.16. The van der Waals surface area contributed by atoms with Crippen LogP contribution < -0.4 is 0 Å². The molecule has 0 radical (unpaired) electrons. The number of nitrogens with zero attached hydrogens (tertiary/aromatic N) is 3. The molecule has 0 aromatic heterocycles. The van der Waals surface area contributed by atoms with Crippen molar-refractivity contribution < 1.29 is 4.79 Å². The molecule has 2 aliphatic rings. The van der Waals surface area contributed by atoms with E-state index in [1.807, 2.05) is 49.4 Å². The first-order chi connectivity index (χ1) is 13.2. The molecule has 2 aromatic carbocycles. The van der Waals surface area contributed by atoms with E-state index in [2.05, 4.69) is 23.1 Å². The second kappa shape index (κ2) is 7.59. The van der Waals surface area contributed by atoms with Gasteiger partial charge in [0.05, 0.1) is 29.2 Å². The molecule has 0 N–H and O–H groups in total. The van der Waals surface area contributed by atoms with Gasteiger partial charge in [-0.2, -0.15) is 5.26 Å². The van der Waals surface area contributed by atoms with Crippen LogP contribution in [0.2, 0.25) is 0 Å². The van der Waals surface area contributed by atoms with Crippen molar-refractivity contribution in [3.63, 3.8) is 0 Å². The summed E-state index contributed by atoms with van der Waals surface area (Å²) in [5.41, 5.74) is 4.17. The lowest BCUT2D eigenvalue weighted by Gasteiger charge is -2.41. The quantitative estimate of drug-likeness (QED) is 0.806. The lowest BCUT2D eigenvalue weighted by molar-refractivity contribution is -0.131. The number of fused-ring (bicyclic) bond motifs is 1. The lowest BCUT2D eigenvalue weighted by Crippen LogP contribution is -2.46. The molecule has 0 bridgehead atoms. The monoisotopic (exact) mass is 375 g/mol. The minimum absolute atomic E-state index is 0.0996. The minimum atomic E-state index is -0.136. The van der Waals surface area contributed by atoms with Crippen LogP contribution in [0.1, 0.15) is 29.0 Å². The predicted octanol–water partition coefficient (Wildman–Crippen LogP) is 4.21. The molecule has 0 aliphatic carbocycles. The molecule has 4 nitrogen and oxygen atoms in total. The largest absolute Gasteiger partial charge is 0.292 e. The second-order valence-electron chi connectivity index (χ2n) is 7.00. The van der Waals surface area contributed by atoms with Gasteiger partial charge in [0.2, 0.25) is 5.91 Å². The zero-order valence-electron chi connectivity index (χ0n) is 15.3. The van der Waals surface area contributed by atoms with Crippen LogP contribution in [0.25, 0.3) is 0 Å². The van der Waals surface area contributed by atoms with Crippen molar-refractivity contribution in [1.29, 1.82) is 5.26 Å². The summed E-state index contributed by atoms with van der Waals surface area (Å²) in [7, 11) is 0. The third-order valence-corrected chi connectivity index (χ3v) is 6.37. The van der Waals surface area contributed by atoms with Crippen molar-refractivity contribution in [3.8, 4) is 6.07 Å². The van der Waals surface area contributed by atoms with E-state index < -0.39 is 0 Å². The van der Waals surface area contributed by atoms with Crippen LogP contribution >= 0.6 is 11.8 Å². The number of thioether (sulfide) groups is 1. The topological polar surface area (TPSA) is 47.3 Å². The summed E-state index contributed by atoms with van der Waals surface area (Å²) in [5, 5.41) is 10.7.